The Morgan fingerprint density at radius 1 is 1.44 bits per heavy atom. The number of carbonyl (C=O) groups excluding carboxylic acids is 1. The van der Waals surface area contributed by atoms with Gasteiger partial charge in [0.05, 0.1) is 6.42 Å². The first-order chi connectivity index (χ1) is 7.63. The molecule has 0 spiro atoms. The molecule has 0 saturated carbocycles. The van der Waals surface area contributed by atoms with Gasteiger partial charge in [0, 0.05) is 6.54 Å². The number of nitrogens with one attached hydrogen (secondary N) is 1. The molecule has 0 radical (unpaired) electrons. The zero-order valence-corrected chi connectivity index (χ0v) is 10.0. The van der Waals surface area contributed by atoms with E-state index in [4.69, 9.17) is 0 Å². The van der Waals surface area contributed by atoms with Crippen LogP contribution in [-0.2, 0) is 11.2 Å². The molecular weight excluding hydrogens is 198 g/mol. The average Bonchev–Trinajstić information content (AvgIpc) is 2.24. The number of hydrogen-bond acceptors (Lipinski definition) is 1. The summed E-state index contributed by atoms with van der Waals surface area (Å²) in [7, 11) is 0. The van der Waals surface area contributed by atoms with Crippen molar-refractivity contribution in [1.29, 1.82) is 0 Å². The number of aryl methyl sites for hydroxylation is 2. The van der Waals surface area contributed by atoms with Crippen molar-refractivity contribution in [2.24, 2.45) is 0 Å². The SMILES string of the molecule is C=CCCNC(=O)Cc1cc(C)ccc1C. The summed E-state index contributed by atoms with van der Waals surface area (Å²) in [4.78, 5) is 11.6. The van der Waals surface area contributed by atoms with E-state index in [1.807, 2.05) is 13.8 Å². The van der Waals surface area contributed by atoms with Crippen LogP contribution in [0.4, 0.5) is 0 Å². The fraction of sp³-hybridized carbons (Fsp3) is 0.357. The van der Waals surface area contributed by atoms with E-state index in [1.165, 1.54) is 11.1 Å². The van der Waals surface area contributed by atoms with Gasteiger partial charge in [-0.2, -0.15) is 0 Å². The lowest BCUT2D eigenvalue weighted by Crippen LogP contribution is -2.26. The van der Waals surface area contributed by atoms with E-state index in [0.717, 1.165) is 12.0 Å². The molecule has 0 aliphatic rings. The average molecular weight is 217 g/mol. The lowest BCUT2D eigenvalue weighted by atomic mass is 10.0. The lowest BCUT2D eigenvalue weighted by Gasteiger charge is -2.07. The Morgan fingerprint density at radius 2 is 2.19 bits per heavy atom. The lowest BCUT2D eigenvalue weighted by molar-refractivity contribution is -0.120. The molecule has 2 heteroatoms. The molecule has 1 N–H and O–H groups in total. The number of carbonyl (C=O) groups is 1. The molecule has 0 aliphatic heterocycles. The summed E-state index contributed by atoms with van der Waals surface area (Å²) in [6, 6.07) is 6.19. The van der Waals surface area contributed by atoms with Crippen LogP contribution in [0.5, 0.6) is 0 Å². The van der Waals surface area contributed by atoms with Crippen molar-refractivity contribution in [2.75, 3.05) is 6.54 Å². The minimum absolute atomic E-state index is 0.0792. The minimum atomic E-state index is 0.0792. The first-order valence-corrected chi connectivity index (χ1v) is 5.57. The van der Waals surface area contributed by atoms with Crippen LogP contribution < -0.4 is 5.32 Å². The monoisotopic (exact) mass is 217 g/mol. The highest BCUT2D eigenvalue weighted by Gasteiger charge is 2.05. The van der Waals surface area contributed by atoms with Crippen molar-refractivity contribution in [3.63, 3.8) is 0 Å². The molecule has 1 aromatic rings. The van der Waals surface area contributed by atoms with Crippen LogP contribution in [0.15, 0.2) is 30.9 Å². The Kier molecular flexibility index (Phi) is 4.77. The third kappa shape index (κ3) is 3.89. The molecule has 16 heavy (non-hydrogen) atoms. The van der Waals surface area contributed by atoms with Gasteiger partial charge in [-0.15, -0.1) is 6.58 Å². The molecule has 0 aromatic heterocycles. The second-order valence-corrected chi connectivity index (χ2v) is 4.03. The Labute approximate surface area is 97.4 Å². The minimum Gasteiger partial charge on any atom is -0.356 e. The summed E-state index contributed by atoms with van der Waals surface area (Å²) in [5, 5.41) is 2.87. The van der Waals surface area contributed by atoms with Gasteiger partial charge in [-0.05, 0) is 31.4 Å². The highest BCUT2D eigenvalue weighted by molar-refractivity contribution is 5.78. The maximum absolute atomic E-state index is 11.6. The number of hydrogen-bond donors (Lipinski definition) is 1. The topological polar surface area (TPSA) is 29.1 Å². The van der Waals surface area contributed by atoms with Crippen molar-refractivity contribution >= 4 is 5.91 Å². The third-order valence-electron chi connectivity index (χ3n) is 2.53. The second kappa shape index (κ2) is 6.11. The normalized spacial score (nSPS) is 9.88. The molecule has 0 bridgehead atoms. The Hall–Kier alpha value is -1.57. The van der Waals surface area contributed by atoms with Gasteiger partial charge < -0.3 is 5.32 Å². The second-order valence-electron chi connectivity index (χ2n) is 4.03. The summed E-state index contributed by atoms with van der Waals surface area (Å²) in [6.45, 7) is 8.36. The molecule has 0 saturated heterocycles. The summed E-state index contributed by atoms with van der Waals surface area (Å²) >= 11 is 0. The van der Waals surface area contributed by atoms with Crippen LogP contribution in [0.3, 0.4) is 0 Å². The zero-order chi connectivity index (χ0) is 12.0. The Morgan fingerprint density at radius 3 is 2.88 bits per heavy atom. The van der Waals surface area contributed by atoms with Crippen LogP contribution in [-0.4, -0.2) is 12.5 Å². The van der Waals surface area contributed by atoms with Crippen molar-refractivity contribution < 1.29 is 4.79 Å². The van der Waals surface area contributed by atoms with E-state index in [0.29, 0.717) is 13.0 Å². The quantitative estimate of drug-likeness (QED) is 0.596. The van der Waals surface area contributed by atoms with Gasteiger partial charge in [-0.1, -0.05) is 29.8 Å². The van der Waals surface area contributed by atoms with Gasteiger partial charge in [-0.3, -0.25) is 4.79 Å². The summed E-state index contributed by atoms with van der Waals surface area (Å²) in [5.41, 5.74) is 3.47. The van der Waals surface area contributed by atoms with Gasteiger partial charge in [0.25, 0.3) is 0 Å². The standard InChI is InChI=1S/C14H19NO/c1-4-5-8-15-14(16)10-13-9-11(2)6-7-12(13)3/h4,6-7,9H,1,5,8,10H2,2-3H3,(H,15,16). The number of rotatable bonds is 5. The van der Waals surface area contributed by atoms with Crippen molar-refractivity contribution in [1.82, 2.24) is 5.32 Å². The molecule has 86 valence electrons. The summed E-state index contributed by atoms with van der Waals surface area (Å²) < 4.78 is 0. The van der Waals surface area contributed by atoms with Crippen molar-refractivity contribution in [2.45, 2.75) is 26.7 Å². The fourth-order valence-corrected chi connectivity index (χ4v) is 1.54. The van der Waals surface area contributed by atoms with Gasteiger partial charge in [0.2, 0.25) is 5.91 Å². The van der Waals surface area contributed by atoms with E-state index < -0.39 is 0 Å². The first kappa shape index (κ1) is 12.5. The third-order valence-corrected chi connectivity index (χ3v) is 2.53. The molecule has 2 nitrogen and oxygen atoms in total. The highest BCUT2D eigenvalue weighted by Crippen LogP contribution is 2.11. The van der Waals surface area contributed by atoms with Crippen LogP contribution in [0.25, 0.3) is 0 Å². The van der Waals surface area contributed by atoms with Crippen LogP contribution >= 0.6 is 0 Å². The molecule has 0 unspecified atom stereocenters. The highest BCUT2D eigenvalue weighted by atomic mass is 16.1. The van der Waals surface area contributed by atoms with E-state index in [2.05, 4.69) is 30.1 Å². The van der Waals surface area contributed by atoms with Gasteiger partial charge >= 0.3 is 0 Å². The molecule has 1 amide bonds. The molecule has 1 aromatic carbocycles. The Balaban J connectivity index is 2.55. The largest absolute Gasteiger partial charge is 0.356 e. The van der Waals surface area contributed by atoms with E-state index in [-0.39, 0.29) is 5.91 Å². The zero-order valence-electron chi connectivity index (χ0n) is 10.0. The van der Waals surface area contributed by atoms with Crippen LogP contribution in [0.1, 0.15) is 23.1 Å². The number of amides is 1. The maximum atomic E-state index is 11.6. The molecular formula is C14H19NO. The van der Waals surface area contributed by atoms with Gasteiger partial charge in [-0.25, -0.2) is 0 Å². The van der Waals surface area contributed by atoms with E-state index in [1.54, 1.807) is 6.08 Å². The van der Waals surface area contributed by atoms with E-state index >= 15 is 0 Å². The smallest absolute Gasteiger partial charge is 0.224 e. The molecule has 0 heterocycles. The van der Waals surface area contributed by atoms with Crippen molar-refractivity contribution in [3.05, 3.63) is 47.5 Å². The Bertz CT molecular complexity index is 382. The van der Waals surface area contributed by atoms with Gasteiger partial charge in [0.15, 0.2) is 0 Å². The molecule has 0 atom stereocenters. The van der Waals surface area contributed by atoms with Crippen LogP contribution in [0.2, 0.25) is 0 Å². The van der Waals surface area contributed by atoms with Crippen LogP contribution in [0, 0.1) is 13.8 Å². The predicted octanol–water partition coefficient (Wildman–Crippen LogP) is 2.54. The molecule has 1 rings (SSSR count). The summed E-state index contributed by atoms with van der Waals surface area (Å²) in [5.74, 6) is 0.0792. The van der Waals surface area contributed by atoms with Gasteiger partial charge in [0.1, 0.15) is 0 Å². The molecule has 0 fully saturated rings. The first-order valence-electron chi connectivity index (χ1n) is 5.57. The number of benzene rings is 1. The fourth-order valence-electron chi connectivity index (χ4n) is 1.54. The maximum Gasteiger partial charge on any atom is 0.224 e. The molecule has 0 aliphatic carbocycles. The van der Waals surface area contributed by atoms with E-state index in [9.17, 15) is 4.79 Å². The van der Waals surface area contributed by atoms with Crippen molar-refractivity contribution in [3.8, 4) is 0 Å². The summed E-state index contributed by atoms with van der Waals surface area (Å²) in [6.07, 6.45) is 3.08. The predicted molar refractivity (Wildman–Crippen MR) is 67.4 cm³/mol.